The number of hydrogen-bond acceptors (Lipinski definition) is 8. The van der Waals surface area contributed by atoms with Crippen LogP contribution in [0.5, 0.6) is 0 Å². The fourth-order valence-electron chi connectivity index (χ4n) is 3.15. The molecule has 11 heteroatoms. The van der Waals surface area contributed by atoms with Gasteiger partial charge < -0.3 is 25.1 Å². The minimum absolute atomic E-state index is 0.0222. The molecule has 3 aromatic heterocycles. The Balaban J connectivity index is 1.94. The van der Waals surface area contributed by atoms with Crippen molar-refractivity contribution in [1.82, 2.24) is 24.8 Å². The summed E-state index contributed by atoms with van der Waals surface area (Å²) in [7, 11) is 4.81. The van der Waals surface area contributed by atoms with Crippen LogP contribution in [0.2, 0.25) is 0 Å². The number of anilines is 2. The van der Waals surface area contributed by atoms with Crippen LogP contribution in [0.1, 0.15) is 37.7 Å². The molecule has 0 saturated carbocycles. The number of methoxy groups -OCH3 is 1. The summed E-state index contributed by atoms with van der Waals surface area (Å²) >= 11 is 0. The summed E-state index contributed by atoms with van der Waals surface area (Å²) in [4.78, 5) is 38.8. The number of aryl methyl sites for hydroxylation is 1. The van der Waals surface area contributed by atoms with Crippen LogP contribution in [0, 0.1) is 11.8 Å². The van der Waals surface area contributed by atoms with Crippen molar-refractivity contribution in [2.75, 3.05) is 31.4 Å². The number of amides is 2. The quantitative estimate of drug-likeness (QED) is 0.530. The molecule has 0 saturated heterocycles. The average Bonchev–Trinajstić information content (AvgIpc) is 3.17. The predicted molar refractivity (Wildman–Crippen MR) is 131 cm³/mol. The lowest BCUT2D eigenvalue weighted by atomic mass is 10.2. The molecule has 3 N–H and O–H groups in total. The van der Waals surface area contributed by atoms with Crippen molar-refractivity contribution in [2.45, 2.75) is 32.9 Å². The van der Waals surface area contributed by atoms with Gasteiger partial charge >= 0.3 is 6.09 Å². The Bertz CT molecular complexity index is 1320. The van der Waals surface area contributed by atoms with Crippen molar-refractivity contribution in [3.8, 4) is 11.8 Å². The van der Waals surface area contributed by atoms with Crippen molar-refractivity contribution < 1.29 is 19.1 Å². The van der Waals surface area contributed by atoms with E-state index in [4.69, 9.17) is 15.2 Å². The summed E-state index contributed by atoms with van der Waals surface area (Å²) in [6, 6.07) is 5.34. The van der Waals surface area contributed by atoms with E-state index in [1.165, 1.54) is 12.0 Å². The monoisotopic (exact) mass is 479 g/mol. The summed E-state index contributed by atoms with van der Waals surface area (Å²) in [6.07, 6.45) is 1.03. The zero-order valence-corrected chi connectivity index (χ0v) is 20.7. The SMILES string of the molecule is COCC(=O)NCc1cccc(C#Cc2c(N)nc(N(C)C(=O)OC(C)(C)C)c3ncn(C)c23)n1. The maximum absolute atomic E-state index is 12.6. The molecular weight excluding hydrogens is 450 g/mol. The fraction of sp³-hybridized carbons (Fsp3) is 0.375. The van der Waals surface area contributed by atoms with E-state index in [9.17, 15) is 9.59 Å². The highest BCUT2D eigenvalue weighted by Crippen LogP contribution is 2.29. The molecule has 3 rings (SSSR count). The molecule has 0 fully saturated rings. The number of ether oxygens (including phenoxy) is 2. The first kappa shape index (κ1) is 25.5. The van der Waals surface area contributed by atoms with Gasteiger partial charge in [0, 0.05) is 21.2 Å². The maximum atomic E-state index is 12.6. The summed E-state index contributed by atoms with van der Waals surface area (Å²) in [5.74, 6) is 6.22. The van der Waals surface area contributed by atoms with Crippen molar-refractivity contribution in [2.24, 2.45) is 7.05 Å². The van der Waals surface area contributed by atoms with Gasteiger partial charge in [-0.2, -0.15) is 0 Å². The van der Waals surface area contributed by atoms with Gasteiger partial charge in [0.05, 0.1) is 29.6 Å². The van der Waals surface area contributed by atoms with E-state index in [1.807, 2.05) is 0 Å². The van der Waals surface area contributed by atoms with Crippen molar-refractivity contribution in [1.29, 1.82) is 0 Å². The van der Waals surface area contributed by atoms with Gasteiger partial charge in [0.25, 0.3) is 0 Å². The minimum Gasteiger partial charge on any atom is -0.443 e. The highest BCUT2D eigenvalue weighted by molar-refractivity contribution is 6.00. The van der Waals surface area contributed by atoms with Gasteiger partial charge in [0.2, 0.25) is 5.91 Å². The lowest BCUT2D eigenvalue weighted by Crippen LogP contribution is -2.34. The van der Waals surface area contributed by atoms with Gasteiger partial charge in [-0.3, -0.25) is 9.69 Å². The molecule has 0 aromatic carbocycles. The first-order chi connectivity index (χ1) is 16.5. The smallest absolute Gasteiger partial charge is 0.415 e. The third-order valence-electron chi connectivity index (χ3n) is 4.72. The Morgan fingerprint density at radius 2 is 1.97 bits per heavy atom. The number of rotatable bonds is 5. The molecule has 2 amide bonds. The van der Waals surface area contributed by atoms with E-state index in [1.54, 1.807) is 64.0 Å². The highest BCUT2D eigenvalue weighted by atomic mass is 16.6. The van der Waals surface area contributed by atoms with Crippen LogP contribution in [-0.2, 0) is 27.9 Å². The van der Waals surface area contributed by atoms with Gasteiger partial charge in [0.1, 0.15) is 29.2 Å². The number of nitrogens with two attached hydrogens (primary N) is 1. The van der Waals surface area contributed by atoms with E-state index in [-0.39, 0.29) is 30.7 Å². The fourth-order valence-corrected chi connectivity index (χ4v) is 3.15. The van der Waals surface area contributed by atoms with Crippen LogP contribution in [0.3, 0.4) is 0 Å². The molecule has 0 aliphatic carbocycles. The molecule has 0 atom stereocenters. The second kappa shape index (κ2) is 10.4. The number of imidazole rings is 1. The first-order valence-electron chi connectivity index (χ1n) is 10.8. The summed E-state index contributed by atoms with van der Waals surface area (Å²) < 4.78 is 12.0. The Labute approximate surface area is 203 Å². The summed E-state index contributed by atoms with van der Waals surface area (Å²) in [6.45, 7) is 5.58. The number of nitrogens with zero attached hydrogens (tertiary/aromatic N) is 5. The largest absolute Gasteiger partial charge is 0.443 e. The lowest BCUT2D eigenvalue weighted by Gasteiger charge is -2.24. The Morgan fingerprint density at radius 3 is 2.66 bits per heavy atom. The number of aromatic nitrogens is 4. The topological polar surface area (TPSA) is 137 Å². The standard InChI is InChI=1S/C24H29N7O4/c1-24(2,3)35-23(33)31(5)22-19-20(30(4)14-27-19)17(21(25)29-22)11-10-15-8-7-9-16(28-15)12-26-18(32)13-34-6/h7-9,14H,12-13H2,1-6H3,(H2,25,29)(H,26,32). The van der Waals surface area contributed by atoms with E-state index in [0.717, 1.165) is 0 Å². The molecule has 0 spiro atoms. The number of nitrogens with one attached hydrogen (secondary N) is 1. The zero-order valence-electron chi connectivity index (χ0n) is 20.7. The van der Waals surface area contributed by atoms with E-state index in [0.29, 0.717) is 28.0 Å². The molecule has 0 aliphatic rings. The molecule has 35 heavy (non-hydrogen) atoms. The lowest BCUT2D eigenvalue weighted by molar-refractivity contribution is -0.124. The van der Waals surface area contributed by atoms with Gasteiger partial charge in [-0.1, -0.05) is 12.0 Å². The molecule has 0 unspecified atom stereocenters. The Hall–Kier alpha value is -4.17. The van der Waals surface area contributed by atoms with Gasteiger partial charge in [-0.05, 0) is 38.8 Å². The van der Waals surface area contributed by atoms with Crippen LogP contribution in [-0.4, -0.2) is 57.9 Å². The van der Waals surface area contributed by atoms with Crippen LogP contribution < -0.4 is 16.0 Å². The third kappa shape index (κ3) is 6.24. The highest BCUT2D eigenvalue weighted by Gasteiger charge is 2.25. The van der Waals surface area contributed by atoms with Gasteiger partial charge in [-0.25, -0.2) is 19.7 Å². The number of nitrogen functional groups attached to an aromatic ring is 1. The molecule has 3 aromatic rings. The summed E-state index contributed by atoms with van der Waals surface area (Å²) in [5, 5.41) is 2.72. The number of pyridine rings is 2. The van der Waals surface area contributed by atoms with Crippen molar-refractivity contribution in [3.05, 3.63) is 41.5 Å². The zero-order chi connectivity index (χ0) is 25.8. The van der Waals surface area contributed by atoms with Crippen LogP contribution in [0.25, 0.3) is 11.0 Å². The Morgan fingerprint density at radius 1 is 1.23 bits per heavy atom. The number of carbonyl (C=O) groups excluding carboxylic acids is 2. The first-order valence-corrected chi connectivity index (χ1v) is 10.8. The molecule has 3 heterocycles. The molecular formula is C24H29N7O4. The molecule has 0 aliphatic heterocycles. The van der Waals surface area contributed by atoms with Crippen LogP contribution in [0.15, 0.2) is 24.5 Å². The van der Waals surface area contributed by atoms with E-state index >= 15 is 0 Å². The van der Waals surface area contributed by atoms with E-state index in [2.05, 4.69) is 32.1 Å². The summed E-state index contributed by atoms with van der Waals surface area (Å²) in [5.41, 5.74) is 8.29. The predicted octanol–water partition coefficient (Wildman–Crippen LogP) is 1.98. The second-order valence-corrected chi connectivity index (χ2v) is 8.76. The molecule has 184 valence electrons. The molecule has 0 bridgehead atoms. The maximum Gasteiger partial charge on any atom is 0.415 e. The van der Waals surface area contributed by atoms with Crippen LogP contribution in [0.4, 0.5) is 16.4 Å². The van der Waals surface area contributed by atoms with Gasteiger partial charge in [0.15, 0.2) is 5.82 Å². The third-order valence-corrected chi connectivity index (χ3v) is 4.72. The van der Waals surface area contributed by atoms with Crippen LogP contribution >= 0.6 is 0 Å². The van der Waals surface area contributed by atoms with Gasteiger partial charge in [-0.15, -0.1) is 0 Å². The van der Waals surface area contributed by atoms with Crippen molar-refractivity contribution in [3.63, 3.8) is 0 Å². The number of hydrogen-bond donors (Lipinski definition) is 2. The number of carbonyl (C=O) groups is 2. The second-order valence-electron chi connectivity index (χ2n) is 8.76. The van der Waals surface area contributed by atoms with Crippen molar-refractivity contribution >= 4 is 34.7 Å². The van der Waals surface area contributed by atoms with E-state index < -0.39 is 11.7 Å². The minimum atomic E-state index is -0.667. The molecule has 0 radical (unpaired) electrons. The average molecular weight is 480 g/mol. The number of fused-ring (bicyclic) bond motifs is 1. The Kier molecular flexibility index (Phi) is 7.56. The molecule has 11 nitrogen and oxygen atoms in total. The normalized spacial score (nSPS) is 11.0.